The minimum absolute atomic E-state index is 0.0368. The average molecular weight is 322 g/mol. The standard InChI is InChI=1S/C12H16ClNO5S/c1-9-10(14(15)16)5-4-6-11(9)19-7-12(2,3)8-20(13,17)18/h4-6H,7-8H2,1-3H3. The molecule has 1 rings (SSSR count). The number of nitro benzene ring substituents is 1. The second-order valence-electron chi connectivity index (χ2n) is 5.29. The molecule has 0 saturated heterocycles. The molecule has 1 aromatic rings. The third-order valence-corrected chi connectivity index (χ3v) is 4.09. The Morgan fingerprint density at radius 3 is 2.50 bits per heavy atom. The first-order valence-electron chi connectivity index (χ1n) is 5.81. The molecule has 0 spiro atoms. The van der Waals surface area contributed by atoms with Gasteiger partial charge in [-0.25, -0.2) is 8.42 Å². The van der Waals surface area contributed by atoms with Crippen molar-refractivity contribution in [3.05, 3.63) is 33.9 Å². The zero-order valence-electron chi connectivity index (χ0n) is 11.4. The van der Waals surface area contributed by atoms with Crippen molar-refractivity contribution in [3.8, 4) is 5.75 Å². The lowest BCUT2D eigenvalue weighted by Gasteiger charge is -2.23. The summed E-state index contributed by atoms with van der Waals surface area (Å²) in [6.45, 7) is 5.05. The molecule has 8 heteroatoms. The van der Waals surface area contributed by atoms with Crippen LogP contribution in [0.3, 0.4) is 0 Å². The maximum atomic E-state index is 11.1. The van der Waals surface area contributed by atoms with E-state index in [2.05, 4.69) is 0 Å². The molecule has 0 bridgehead atoms. The van der Waals surface area contributed by atoms with Gasteiger partial charge in [-0.05, 0) is 13.0 Å². The molecule has 6 nitrogen and oxygen atoms in total. The van der Waals surface area contributed by atoms with Gasteiger partial charge in [-0.2, -0.15) is 0 Å². The number of ether oxygens (including phenoxy) is 1. The van der Waals surface area contributed by atoms with Crippen molar-refractivity contribution in [1.82, 2.24) is 0 Å². The highest BCUT2D eigenvalue weighted by atomic mass is 35.7. The van der Waals surface area contributed by atoms with Gasteiger partial charge in [0.05, 0.1) is 22.8 Å². The fraction of sp³-hybridized carbons (Fsp3) is 0.500. The van der Waals surface area contributed by atoms with Crippen LogP contribution in [0.5, 0.6) is 5.75 Å². The molecule has 0 atom stereocenters. The van der Waals surface area contributed by atoms with E-state index in [1.54, 1.807) is 26.8 Å². The topological polar surface area (TPSA) is 86.5 Å². The zero-order chi connectivity index (χ0) is 15.6. The molecule has 20 heavy (non-hydrogen) atoms. The van der Waals surface area contributed by atoms with Crippen molar-refractivity contribution >= 4 is 25.4 Å². The summed E-state index contributed by atoms with van der Waals surface area (Å²) in [5, 5.41) is 10.8. The van der Waals surface area contributed by atoms with Crippen LogP contribution in [0.1, 0.15) is 19.4 Å². The minimum atomic E-state index is -3.63. The van der Waals surface area contributed by atoms with Crippen LogP contribution in [-0.2, 0) is 9.05 Å². The summed E-state index contributed by atoms with van der Waals surface area (Å²) in [4.78, 5) is 10.3. The normalized spacial score (nSPS) is 12.2. The summed E-state index contributed by atoms with van der Waals surface area (Å²) in [6, 6.07) is 4.51. The lowest BCUT2D eigenvalue weighted by atomic mass is 9.98. The van der Waals surface area contributed by atoms with E-state index in [0.717, 1.165) is 0 Å². The Morgan fingerprint density at radius 1 is 1.40 bits per heavy atom. The number of nitrogens with zero attached hydrogens (tertiary/aromatic N) is 1. The molecule has 112 valence electrons. The fourth-order valence-electron chi connectivity index (χ4n) is 1.74. The zero-order valence-corrected chi connectivity index (χ0v) is 13.0. The Balaban J connectivity index is 2.85. The predicted molar refractivity (Wildman–Crippen MR) is 76.7 cm³/mol. The van der Waals surface area contributed by atoms with Crippen molar-refractivity contribution < 1.29 is 18.1 Å². The molecule has 0 saturated carbocycles. The molecule has 0 N–H and O–H groups in total. The largest absolute Gasteiger partial charge is 0.492 e. The van der Waals surface area contributed by atoms with Crippen LogP contribution in [0.2, 0.25) is 0 Å². The Bertz CT molecular complexity index is 612. The molecule has 0 aromatic heterocycles. The Labute approximate surface area is 122 Å². The molecule has 1 aromatic carbocycles. The summed E-state index contributed by atoms with van der Waals surface area (Å²) in [5.41, 5.74) is -0.329. The van der Waals surface area contributed by atoms with Gasteiger partial charge >= 0.3 is 0 Å². The van der Waals surface area contributed by atoms with Crippen molar-refractivity contribution in [2.24, 2.45) is 5.41 Å². The van der Waals surface area contributed by atoms with Crippen molar-refractivity contribution in [1.29, 1.82) is 0 Å². The average Bonchev–Trinajstić information content (AvgIpc) is 2.24. The van der Waals surface area contributed by atoms with Gasteiger partial charge < -0.3 is 4.74 Å². The second-order valence-corrected chi connectivity index (χ2v) is 8.07. The second kappa shape index (κ2) is 5.97. The molecular weight excluding hydrogens is 306 g/mol. The van der Waals surface area contributed by atoms with E-state index in [1.165, 1.54) is 12.1 Å². The first-order valence-corrected chi connectivity index (χ1v) is 8.29. The van der Waals surface area contributed by atoms with Gasteiger partial charge in [-0.1, -0.05) is 19.9 Å². The fourth-order valence-corrected chi connectivity index (χ4v) is 3.64. The molecule has 0 fully saturated rings. The summed E-state index contributed by atoms with van der Waals surface area (Å²) < 4.78 is 27.7. The maximum absolute atomic E-state index is 11.1. The van der Waals surface area contributed by atoms with Crippen LogP contribution in [-0.4, -0.2) is 25.7 Å². The molecule has 0 amide bonds. The van der Waals surface area contributed by atoms with E-state index in [-0.39, 0.29) is 18.0 Å². The Hall–Kier alpha value is -1.34. The summed E-state index contributed by atoms with van der Waals surface area (Å²) in [6.07, 6.45) is 0. The van der Waals surface area contributed by atoms with Gasteiger partial charge in [0, 0.05) is 22.2 Å². The van der Waals surface area contributed by atoms with Crippen LogP contribution in [0.25, 0.3) is 0 Å². The van der Waals surface area contributed by atoms with Gasteiger partial charge in [-0.15, -0.1) is 0 Å². The van der Waals surface area contributed by atoms with Crippen LogP contribution < -0.4 is 4.74 Å². The van der Waals surface area contributed by atoms with E-state index in [9.17, 15) is 18.5 Å². The van der Waals surface area contributed by atoms with E-state index in [0.29, 0.717) is 11.3 Å². The lowest BCUT2D eigenvalue weighted by Crippen LogP contribution is -2.28. The Kier molecular flexibility index (Phi) is 4.99. The number of halogens is 1. The van der Waals surface area contributed by atoms with Crippen molar-refractivity contribution in [2.75, 3.05) is 12.4 Å². The molecular formula is C12H16ClNO5S. The number of rotatable bonds is 6. The summed E-state index contributed by atoms with van der Waals surface area (Å²) in [5.74, 6) is 0.120. The van der Waals surface area contributed by atoms with Crippen molar-refractivity contribution in [2.45, 2.75) is 20.8 Å². The highest BCUT2D eigenvalue weighted by molar-refractivity contribution is 8.13. The Morgan fingerprint density at radius 2 is 2.00 bits per heavy atom. The van der Waals surface area contributed by atoms with E-state index in [4.69, 9.17) is 15.4 Å². The van der Waals surface area contributed by atoms with Crippen molar-refractivity contribution in [3.63, 3.8) is 0 Å². The maximum Gasteiger partial charge on any atom is 0.276 e. The quantitative estimate of drug-likeness (QED) is 0.457. The highest BCUT2D eigenvalue weighted by Crippen LogP contribution is 2.29. The highest BCUT2D eigenvalue weighted by Gasteiger charge is 2.26. The monoisotopic (exact) mass is 321 g/mol. The lowest BCUT2D eigenvalue weighted by molar-refractivity contribution is -0.385. The molecule has 0 radical (unpaired) electrons. The first kappa shape index (κ1) is 16.7. The van der Waals surface area contributed by atoms with Gasteiger partial charge in [-0.3, -0.25) is 10.1 Å². The predicted octanol–water partition coefficient (Wildman–Crippen LogP) is 2.88. The molecule has 0 unspecified atom stereocenters. The third-order valence-electron chi connectivity index (χ3n) is 2.63. The van der Waals surface area contributed by atoms with Crippen LogP contribution in [0.4, 0.5) is 5.69 Å². The molecule has 0 aliphatic rings. The van der Waals surface area contributed by atoms with E-state index >= 15 is 0 Å². The van der Waals surface area contributed by atoms with Gasteiger partial charge in [0.2, 0.25) is 9.05 Å². The number of benzene rings is 1. The van der Waals surface area contributed by atoms with Crippen LogP contribution in [0.15, 0.2) is 18.2 Å². The smallest absolute Gasteiger partial charge is 0.276 e. The molecule has 0 heterocycles. The summed E-state index contributed by atoms with van der Waals surface area (Å²) in [7, 11) is 1.59. The molecule has 0 aliphatic carbocycles. The molecule has 0 aliphatic heterocycles. The van der Waals surface area contributed by atoms with Crippen LogP contribution >= 0.6 is 10.7 Å². The van der Waals surface area contributed by atoms with E-state index in [1.807, 2.05) is 0 Å². The minimum Gasteiger partial charge on any atom is -0.492 e. The third kappa shape index (κ3) is 4.97. The summed E-state index contributed by atoms with van der Waals surface area (Å²) >= 11 is 0. The van der Waals surface area contributed by atoms with Gasteiger partial charge in [0.25, 0.3) is 5.69 Å². The van der Waals surface area contributed by atoms with E-state index < -0.39 is 19.4 Å². The number of hydrogen-bond acceptors (Lipinski definition) is 5. The number of hydrogen-bond donors (Lipinski definition) is 0. The van der Waals surface area contributed by atoms with Crippen LogP contribution in [0, 0.1) is 22.5 Å². The van der Waals surface area contributed by atoms with Gasteiger partial charge in [0.1, 0.15) is 5.75 Å². The SMILES string of the molecule is Cc1c(OCC(C)(C)CS(=O)(=O)Cl)cccc1[N+](=O)[O-]. The number of nitro groups is 1. The van der Waals surface area contributed by atoms with Gasteiger partial charge in [0.15, 0.2) is 0 Å². The first-order chi connectivity index (χ1) is 9.02.